The number of rotatable bonds is 16. The Labute approximate surface area is 423 Å². The monoisotopic (exact) mass is 1020 g/mol. The zero-order chi connectivity index (χ0) is 53.5. The van der Waals surface area contributed by atoms with Crippen molar-refractivity contribution in [2.75, 3.05) is 81.3 Å². The number of carboxylic acid groups (broad SMARTS) is 1. The summed E-state index contributed by atoms with van der Waals surface area (Å²) in [5.41, 5.74) is 3.45. The van der Waals surface area contributed by atoms with Crippen LogP contribution in [0.4, 0.5) is 62.1 Å². The number of anilines is 6. The summed E-state index contributed by atoms with van der Waals surface area (Å²) >= 11 is 0. The fraction of sp³-hybridized carbons (Fsp3) is 0.294. The van der Waals surface area contributed by atoms with Gasteiger partial charge in [-0.3, -0.25) is 4.79 Å². The molecule has 2 aliphatic heterocycles. The number of benzene rings is 4. The largest absolute Gasteiger partial charge is 0.478 e. The van der Waals surface area contributed by atoms with Gasteiger partial charge in [0.05, 0.1) is 36.1 Å². The molecule has 6 aromatic rings. The summed E-state index contributed by atoms with van der Waals surface area (Å²) in [6.07, 6.45) is -0.711. The zero-order valence-electron chi connectivity index (χ0n) is 41.6. The lowest BCUT2D eigenvalue weighted by Gasteiger charge is -2.31. The van der Waals surface area contributed by atoms with Crippen LogP contribution in [-0.4, -0.2) is 131 Å². The highest BCUT2D eigenvalue weighted by molar-refractivity contribution is 6.04. The number of fused-ring (bicyclic) bond motifs is 2. The molecule has 1 atom stereocenters. The van der Waals surface area contributed by atoms with Gasteiger partial charge in [0.25, 0.3) is 5.91 Å². The number of urea groups is 2. The average molecular weight is 1020 g/mol. The Morgan fingerprint density at radius 2 is 1.07 bits per heavy atom. The number of nitrogens with one attached hydrogen (secondary N) is 5. The molecule has 0 aliphatic carbocycles. The number of hydrogen-bond donors (Lipinski definition) is 7. The number of aliphatic hydroxyl groups is 1. The fourth-order valence-electron chi connectivity index (χ4n) is 7.90. The highest BCUT2D eigenvalue weighted by atomic mass is 19.1. The van der Waals surface area contributed by atoms with Crippen molar-refractivity contribution in [3.05, 3.63) is 129 Å². The summed E-state index contributed by atoms with van der Waals surface area (Å²) in [5.74, 6) is -4.86. The molecule has 23 heteroatoms. The number of hydrogen-bond acceptors (Lipinski definition) is 13. The van der Waals surface area contributed by atoms with E-state index in [4.69, 9.17) is 4.98 Å². The molecule has 0 bridgehead atoms. The summed E-state index contributed by atoms with van der Waals surface area (Å²) in [7, 11) is 7.61. The quantitative estimate of drug-likeness (QED) is 0.0487. The van der Waals surface area contributed by atoms with Crippen molar-refractivity contribution in [1.29, 1.82) is 0 Å². The highest BCUT2D eigenvalue weighted by Crippen LogP contribution is 2.41. The average Bonchev–Trinajstić information content (AvgIpc) is 3.34. The first-order valence-corrected chi connectivity index (χ1v) is 23.3. The Morgan fingerprint density at radius 3 is 1.46 bits per heavy atom. The first-order chi connectivity index (χ1) is 35.2. The van der Waals surface area contributed by atoms with Crippen molar-refractivity contribution in [2.24, 2.45) is 0 Å². The molecule has 0 saturated carbocycles. The molecule has 5 amide bonds. The summed E-state index contributed by atoms with van der Waals surface area (Å²) in [4.78, 5) is 74.1. The van der Waals surface area contributed by atoms with Gasteiger partial charge < -0.3 is 46.6 Å². The van der Waals surface area contributed by atoms with Crippen LogP contribution < -0.4 is 36.4 Å². The summed E-state index contributed by atoms with van der Waals surface area (Å²) in [5, 5.41) is 33.2. The van der Waals surface area contributed by atoms with Gasteiger partial charge in [-0.25, -0.2) is 51.7 Å². The number of nitrogens with zero attached hydrogens (tertiary/aromatic N) is 8. The standard InChI is InChI=1S/C27H31F2N7O3.C24H24F2N6O3/c1-15-8-9-17(25(38)31-13-16(2)37)12-18(15)22-19-14-32-27(39)36(23-20(28)6-5-7-21(23)29)24(19)34-26(33-22)30-10-11-35(3)4;1-13-7-8-14(22(33)34)11-15(13)19-16-12-28-24(35)32(20-17(25)5-4-6-18(20)26)21(16)30-23(29-19)27-9-10-31(2)3/h5-9,12,16,37H,10-11,13-14H2,1-4H3,(H,31,38)(H,32,39)(H,30,33,34);4-8,11H,9-10,12H2,1-3H3,(H,28,35)(H,33,34)(H,27,29,30)/t16-;/m0./s1. The lowest BCUT2D eigenvalue weighted by molar-refractivity contribution is 0.0696. The van der Waals surface area contributed by atoms with Crippen molar-refractivity contribution < 1.29 is 47.0 Å². The topological polar surface area (TPSA) is 233 Å². The molecule has 2 aliphatic rings. The van der Waals surface area contributed by atoms with Crippen molar-refractivity contribution in [3.8, 4) is 22.5 Å². The minimum absolute atomic E-state index is 0.00589. The van der Waals surface area contributed by atoms with E-state index in [1.54, 1.807) is 38.1 Å². The van der Waals surface area contributed by atoms with Gasteiger partial charge in [0, 0.05) is 60.5 Å². The van der Waals surface area contributed by atoms with Crippen LogP contribution in [0.3, 0.4) is 0 Å². The lowest BCUT2D eigenvalue weighted by Crippen LogP contribution is -2.43. The second-order valence-electron chi connectivity index (χ2n) is 17.9. The van der Waals surface area contributed by atoms with Crippen LogP contribution in [0.5, 0.6) is 0 Å². The Morgan fingerprint density at radius 1 is 0.662 bits per heavy atom. The Bertz CT molecular complexity index is 3080. The number of halogens is 4. The first kappa shape index (κ1) is 53.5. The minimum atomic E-state index is -1.11. The minimum Gasteiger partial charge on any atom is -0.478 e. The van der Waals surface area contributed by atoms with Gasteiger partial charge in [0.2, 0.25) is 11.9 Å². The second kappa shape index (κ2) is 23.1. The number of carbonyl (C=O) groups excluding carboxylic acids is 3. The third-order valence-corrected chi connectivity index (χ3v) is 11.7. The fourth-order valence-corrected chi connectivity index (χ4v) is 7.90. The van der Waals surface area contributed by atoms with Gasteiger partial charge in [-0.05, 0) is 109 Å². The summed E-state index contributed by atoms with van der Waals surface area (Å²) < 4.78 is 59.2. The number of amides is 5. The van der Waals surface area contributed by atoms with Gasteiger partial charge in [-0.1, -0.05) is 24.3 Å². The van der Waals surface area contributed by atoms with E-state index in [0.717, 1.165) is 45.2 Å². The first-order valence-electron chi connectivity index (χ1n) is 23.3. The van der Waals surface area contributed by atoms with Crippen LogP contribution in [0.25, 0.3) is 22.5 Å². The van der Waals surface area contributed by atoms with Crippen LogP contribution in [0, 0.1) is 37.1 Å². The lowest BCUT2D eigenvalue weighted by atomic mass is 9.97. The van der Waals surface area contributed by atoms with Crippen LogP contribution in [-0.2, 0) is 13.1 Å². The number of aromatic carboxylic acids is 1. The highest BCUT2D eigenvalue weighted by Gasteiger charge is 2.36. The maximum absolute atomic E-state index is 14.9. The molecule has 0 fully saturated rings. The zero-order valence-corrected chi connectivity index (χ0v) is 41.6. The van der Waals surface area contributed by atoms with E-state index in [0.29, 0.717) is 65.4 Å². The molecule has 0 saturated heterocycles. The summed E-state index contributed by atoms with van der Waals surface area (Å²) in [6.45, 7) is 7.51. The molecule has 8 rings (SSSR count). The SMILES string of the molecule is Cc1ccc(C(=O)NC[C@H](C)O)cc1-c1nc(NCCN(C)C)nc2c1CNC(=O)N2c1c(F)cccc1F.Cc1ccc(C(=O)O)cc1-c1nc(NCCN(C)C)nc2c1CNC(=O)N2c1c(F)cccc1F. The molecule has 388 valence electrons. The van der Waals surface area contributed by atoms with Gasteiger partial charge in [0.15, 0.2) is 11.6 Å². The molecular weight excluding hydrogens is 967 g/mol. The molecule has 74 heavy (non-hydrogen) atoms. The predicted molar refractivity (Wildman–Crippen MR) is 271 cm³/mol. The molecule has 0 unspecified atom stereocenters. The van der Waals surface area contributed by atoms with E-state index in [-0.39, 0.29) is 54.6 Å². The third kappa shape index (κ3) is 12.0. The molecule has 0 spiro atoms. The van der Waals surface area contributed by atoms with Crippen LogP contribution in [0.15, 0.2) is 72.8 Å². The van der Waals surface area contributed by atoms with E-state index >= 15 is 0 Å². The molecule has 19 nitrogen and oxygen atoms in total. The van der Waals surface area contributed by atoms with Gasteiger partial charge in [0.1, 0.15) is 34.6 Å². The molecule has 2 aromatic heterocycles. The molecular formula is C51H55F4N13O6. The van der Waals surface area contributed by atoms with Crippen molar-refractivity contribution >= 4 is 58.8 Å². The number of carbonyl (C=O) groups is 4. The third-order valence-electron chi connectivity index (χ3n) is 11.7. The second-order valence-corrected chi connectivity index (χ2v) is 17.9. The van der Waals surface area contributed by atoms with Gasteiger partial charge >= 0.3 is 18.0 Å². The molecule has 0 radical (unpaired) electrons. The van der Waals surface area contributed by atoms with Crippen LogP contribution in [0.1, 0.15) is 49.9 Å². The van der Waals surface area contributed by atoms with Gasteiger partial charge in [-0.2, -0.15) is 9.97 Å². The Hall–Kier alpha value is -8.28. The van der Waals surface area contributed by atoms with E-state index in [2.05, 4.69) is 41.5 Å². The van der Waals surface area contributed by atoms with E-state index in [1.165, 1.54) is 24.3 Å². The normalized spacial score (nSPS) is 13.3. The number of aromatic nitrogens is 4. The van der Waals surface area contributed by atoms with Crippen LogP contribution >= 0.6 is 0 Å². The molecule has 7 N–H and O–H groups in total. The van der Waals surface area contributed by atoms with E-state index in [1.807, 2.05) is 44.9 Å². The van der Waals surface area contributed by atoms with Crippen LogP contribution in [0.2, 0.25) is 0 Å². The summed E-state index contributed by atoms with van der Waals surface area (Å²) in [6, 6.07) is 14.9. The van der Waals surface area contributed by atoms with Crippen molar-refractivity contribution in [2.45, 2.75) is 40.0 Å². The van der Waals surface area contributed by atoms with E-state index in [9.17, 15) is 47.0 Å². The van der Waals surface area contributed by atoms with Gasteiger partial charge in [-0.15, -0.1) is 0 Å². The number of aliphatic hydroxyl groups excluding tert-OH is 1. The Kier molecular flexibility index (Phi) is 16.7. The maximum atomic E-state index is 14.9. The molecule has 4 aromatic carbocycles. The molecule has 4 heterocycles. The van der Waals surface area contributed by atoms with E-state index < -0.39 is 58.8 Å². The van der Waals surface area contributed by atoms with Crippen molar-refractivity contribution in [3.63, 3.8) is 0 Å². The number of para-hydroxylation sites is 2. The Balaban J connectivity index is 0.000000217. The maximum Gasteiger partial charge on any atom is 0.335 e. The van der Waals surface area contributed by atoms with Crippen molar-refractivity contribution in [1.82, 2.24) is 45.7 Å². The number of carboxylic acids is 1. The predicted octanol–water partition coefficient (Wildman–Crippen LogP) is 6.94. The smallest absolute Gasteiger partial charge is 0.335 e. The number of aryl methyl sites for hydroxylation is 2. The number of likely N-dealkylation sites (N-methyl/N-ethyl adjacent to an activating group) is 2.